The molecule has 0 aromatic heterocycles. The summed E-state index contributed by atoms with van der Waals surface area (Å²) in [7, 11) is 0. The Morgan fingerprint density at radius 2 is 1.85 bits per heavy atom. The van der Waals surface area contributed by atoms with Gasteiger partial charge in [-0.3, -0.25) is 9.69 Å². The van der Waals surface area contributed by atoms with E-state index in [1.807, 2.05) is 23.1 Å². The summed E-state index contributed by atoms with van der Waals surface area (Å²) in [6.07, 6.45) is 12.0. The van der Waals surface area contributed by atoms with Gasteiger partial charge in [0, 0.05) is 42.4 Å². The van der Waals surface area contributed by atoms with Crippen LogP contribution in [0.4, 0.5) is 8.78 Å². The van der Waals surface area contributed by atoms with Crippen LogP contribution in [0.25, 0.3) is 5.57 Å². The lowest BCUT2D eigenvalue weighted by molar-refractivity contribution is -0.133. The highest BCUT2D eigenvalue weighted by Gasteiger charge is 2.46. The summed E-state index contributed by atoms with van der Waals surface area (Å²) >= 11 is 0. The van der Waals surface area contributed by atoms with Crippen molar-refractivity contribution in [3.05, 3.63) is 76.5 Å². The normalized spacial score (nSPS) is 26.3. The molecule has 3 saturated heterocycles. The number of fused-ring (bicyclic) bond motifs is 3. The zero-order valence-electron chi connectivity index (χ0n) is 27.4. The van der Waals surface area contributed by atoms with Crippen LogP contribution in [-0.4, -0.2) is 83.5 Å². The Hall–Kier alpha value is -4.28. The topological polar surface area (TPSA) is 96.0 Å². The van der Waals surface area contributed by atoms with Crippen LogP contribution in [0.5, 0.6) is 0 Å². The SMILES string of the molecule is C=C(F)C(=O)N1CCN(C2=C(CC#N)C(OCC34CCCN3CCC4)=NC3C=C(c4cccc5c4CCCC5)C(F)=CC23)C[C@@H]1CC#N. The van der Waals surface area contributed by atoms with Crippen LogP contribution in [-0.2, 0) is 22.4 Å². The molecule has 6 aliphatic rings. The number of aliphatic imine (C=N–C) groups is 1. The molecule has 0 radical (unpaired) electrons. The molecule has 2 aliphatic carbocycles. The maximum Gasteiger partial charge on any atom is 0.282 e. The van der Waals surface area contributed by atoms with Crippen molar-refractivity contribution in [3.63, 3.8) is 0 Å². The Balaban J connectivity index is 1.29. The molecule has 10 heteroatoms. The standard InChI is InChI=1S/C38H42F2N6O2/c1-25(39)37(47)46-20-19-44(23-27(46)11-15-41)35-30(12-16-42)36(48-24-38-13-5-17-45(38)18-6-14-38)43-34-22-31(33(40)21-32(34)35)29-10-4-8-26-7-2-3-9-28(26)29/h4,8,10,21-22,27,32,34H,1-3,5-7,9,11-14,17-20,23-24H2/t27-,32?,34?/m0/s1. The predicted octanol–water partition coefficient (Wildman–Crippen LogP) is 5.94. The third-order valence-electron chi connectivity index (χ3n) is 11.3. The molecule has 0 spiro atoms. The smallest absolute Gasteiger partial charge is 0.282 e. The Labute approximate surface area is 281 Å². The molecule has 0 saturated carbocycles. The molecule has 1 aromatic rings. The quantitative estimate of drug-likeness (QED) is 0.339. The molecule has 8 nitrogen and oxygen atoms in total. The van der Waals surface area contributed by atoms with Crippen LogP contribution < -0.4 is 0 Å². The van der Waals surface area contributed by atoms with E-state index in [2.05, 4.69) is 29.7 Å². The van der Waals surface area contributed by atoms with Crippen LogP contribution in [0.15, 0.2) is 64.8 Å². The molecule has 250 valence electrons. The molecular formula is C38H42F2N6O2. The average molecular weight is 653 g/mol. The second kappa shape index (κ2) is 13.3. The number of nitriles is 2. The summed E-state index contributed by atoms with van der Waals surface area (Å²) in [5, 5.41) is 19.7. The molecule has 3 atom stereocenters. The van der Waals surface area contributed by atoms with Gasteiger partial charge in [-0.2, -0.15) is 10.5 Å². The van der Waals surface area contributed by atoms with Crippen molar-refractivity contribution in [2.24, 2.45) is 10.9 Å². The van der Waals surface area contributed by atoms with Gasteiger partial charge in [-0.05, 0) is 93.3 Å². The molecule has 1 aromatic carbocycles. The van der Waals surface area contributed by atoms with Crippen molar-refractivity contribution in [1.29, 1.82) is 10.5 Å². The van der Waals surface area contributed by atoms with Crippen LogP contribution in [0, 0.1) is 28.6 Å². The highest BCUT2D eigenvalue weighted by atomic mass is 19.1. The minimum Gasteiger partial charge on any atom is -0.476 e. The number of allylic oxidation sites excluding steroid dienone is 2. The molecule has 3 fully saturated rings. The first-order valence-electron chi connectivity index (χ1n) is 17.4. The zero-order valence-corrected chi connectivity index (χ0v) is 27.4. The summed E-state index contributed by atoms with van der Waals surface area (Å²) in [6.45, 7) is 6.46. The number of piperazine rings is 1. The number of hydrogen-bond donors (Lipinski definition) is 0. The van der Waals surface area contributed by atoms with E-state index in [9.17, 15) is 19.7 Å². The van der Waals surface area contributed by atoms with E-state index in [-0.39, 0.29) is 37.3 Å². The second-order valence-corrected chi connectivity index (χ2v) is 14.0. The first-order valence-corrected chi connectivity index (χ1v) is 17.4. The Bertz CT molecular complexity index is 1700. The number of aryl methyl sites for hydroxylation is 1. The number of halogens is 2. The Kier molecular flexibility index (Phi) is 8.96. The number of benzene rings is 1. The molecule has 0 N–H and O–H groups in total. The molecular weight excluding hydrogens is 610 g/mol. The molecule has 0 bridgehead atoms. The van der Waals surface area contributed by atoms with E-state index in [0.29, 0.717) is 30.2 Å². The van der Waals surface area contributed by atoms with Crippen molar-refractivity contribution >= 4 is 17.4 Å². The van der Waals surface area contributed by atoms with Crippen molar-refractivity contribution in [2.75, 3.05) is 39.3 Å². The minimum absolute atomic E-state index is 0.00630. The highest BCUT2D eigenvalue weighted by Crippen LogP contribution is 2.44. The van der Waals surface area contributed by atoms with Gasteiger partial charge in [-0.15, -0.1) is 0 Å². The first kappa shape index (κ1) is 32.3. The molecule has 4 aliphatic heterocycles. The maximum absolute atomic E-state index is 16.4. The fourth-order valence-corrected chi connectivity index (χ4v) is 9.05. The summed E-state index contributed by atoms with van der Waals surface area (Å²) in [5.74, 6) is -2.33. The second-order valence-electron chi connectivity index (χ2n) is 14.0. The summed E-state index contributed by atoms with van der Waals surface area (Å²) in [4.78, 5) is 23.7. The van der Waals surface area contributed by atoms with E-state index in [1.165, 1.54) is 16.0 Å². The Morgan fingerprint density at radius 1 is 1.06 bits per heavy atom. The Morgan fingerprint density at radius 3 is 2.60 bits per heavy atom. The van der Waals surface area contributed by atoms with E-state index in [0.717, 1.165) is 75.7 Å². The number of amides is 1. The minimum atomic E-state index is -1.07. The average Bonchev–Trinajstić information content (AvgIpc) is 3.68. The van der Waals surface area contributed by atoms with Gasteiger partial charge in [0.15, 0.2) is 5.83 Å². The van der Waals surface area contributed by atoms with Gasteiger partial charge in [0.25, 0.3) is 5.91 Å². The van der Waals surface area contributed by atoms with Crippen LogP contribution in [0.3, 0.4) is 0 Å². The monoisotopic (exact) mass is 652 g/mol. The van der Waals surface area contributed by atoms with E-state index in [4.69, 9.17) is 9.73 Å². The predicted molar refractivity (Wildman–Crippen MR) is 178 cm³/mol. The van der Waals surface area contributed by atoms with E-state index in [1.54, 1.807) is 6.08 Å². The van der Waals surface area contributed by atoms with Crippen LogP contribution >= 0.6 is 0 Å². The van der Waals surface area contributed by atoms with E-state index >= 15 is 4.39 Å². The molecule has 7 rings (SSSR count). The van der Waals surface area contributed by atoms with Crippen molar-refractivity contribution in [3.8, 4) is 12.1 Å². The first-order chi connectivity index (χ1) is 23.3. The number of dihydropyridines is 1. The van der Waals surface area contributed by atoms with E-state index < -0.39 is 29.7 Å². The maximum atomic E-state index is 16.4. The zero-order chi connectivity index (χ0) is 33.4. The summed E-state index contributed by atoms with van der Waals surface area (Å²) in [6, 6.07) is 9.50. The van der Waals surface area contributed by atoms with Gasteiger partial charge in [-0.1, -0.05) is 24.8 Å². The number of ether oxygens (including phenoxy) is 1. The third kappa shape index (κ3) is 5.75. The summed E-state index contributed by atoms with van der Waals surface area (Å²) < 4.78 is 37.1. The molecule has 4 heterocycles. The van der Waals surface area contributed by atoms with Crippen LogP contribution in [0.1, 0.15) is 68.1 Å². The lowest BCUT2D eigenvalue weighted by Crippen LogP contribution is -2.56. The molecule has 48 heavy (non-hydrogen) atoms. The van der Waals surface area contributed by atoms with Crippen molar-refractivity contribution < 1.29 is 18.3 Å². The largest absolute Gasteiger partial charge is 0.476 e. The lowest BCUT2D eigenvalue weighted by atomic mass is 9.79. The highest BCUT2D eigenvalue weighted by molar-refractivity contribution is 5.97. The fourth-order valence-electron chi connectivity index (χ4n) is 9.05. The number of nitrogens with zero attached hydrogens (tertiary/aromatic N) is 6. The summed E-state index contributed by atoms with van der Waals surface area (Å²) in [5.41, 5.74) is 5.21. The van der Waals surface area contributed by atoms with Crippen LogP contribution in [0.2, 0.25) is 0 Å². The molecule has 2 unspecified atom stereocenters. The number of rotatable bonds is 7. The fraction of sp³-hybridized carbons (Fsp3) is 0.526. The number of carbonyl (C=O) groups excluding carboxylic acids is 1. The van der Waals surface area contributed by atoms with Crippen molar-refractivity contribution in [2.45, 2.75) is 81.8 Å². The number of carbonyl (C=O) groups is 1. The third-order valence-corrected chi connectivity index (χ3v) is 11.3. The van der Waals surface area contributed by atoms with Gasteiger partial charge < -0.3 is 14.5 Å². The lowest BCUT2D eigenvalue weighted by Gasteiger charge is -2.46. The van der Waals surface area contributed by atoms with Gasteiger partial charge in [0.05, 0.1) is 42.6 Å². The van der Waals surface area contributed by atoms with Crippen molar-refractivity contribution in [1.82, 2.24) is 14.7 Å². The molecule has 1 amide bonds. The number of hydrogen-bond acceptors (Lipinski definition) is 7. The van der Waals surface area contributed by atoms with Gasteiger partial charge in [0.2, 0.25) is 5.90 Å². The van der Waals surface area contributed by atoms with Gasteiger partial charge in [-0.25, -0.2) is 13.8 Å². The van der Waals surface area contributed by atoms with Gasteiger partial charge >= 0.3 is 0 Å². The van der Waals surface area contributed by atoms with Gasteiger partial charge in [0.1, 0.15) is 12.4 Å².